The van der Waals surface area contributed by atoms with Crippen LogP contribution in [0.25, 0.3) is 0 Å². The molecule has 0 aromatic rings. The highest BCUT2D eigenvalue weighted by Gasteiger charge is 2.20. The SMILES string of the molecule is CCC(CN)CC(=O)NCC1CCC(O)CC1. The normalized spacial score (nSPS) is 26.5. The fourth-order valence-electron chi connectivity index (χ4n) is 2.34. The fourth-order valence-corrected chi connectivity index (χ4v) is 2.34. The molecule has 0 bridgehead atoms. The molecular weight excluding hydrogens is 216 g/mol. The second kappa shape index (κ2) is 7.67. The van der Waals surface area contributed by atoms with E-state index in [1.54, 1.807) is 0 Å². The first-order valence-electron chi connectivity index (χ1n) is 6.80. The van der Waals surface area contributed by atoms with E-state index in [1.165, 1.54) is 0 Å². The lowest BCUT2D eigenvalue weighted by Crippen LogP contribution is -2.33. The Kier molecular flexibility index (Phi) is 6.52. The molecule has 1 atom stereocenters. The topological polar surface area (TPSA) is 75.4 Å². The van der Waals surface area contributed by atoms with Gasteiger partial charge in [0.2, 0.25) is 5.91 Å². The molecule has 4 nitrogen and oxygen atoms in total. The number of carbonyl (C=O) groups is 1. The van der Waals surface area contributed by atoms with Crippen LogP contribution in [0.15, 0.2) is 0 Å². The van der Waals surface area contributed by atoms with Gasteiger partial charge < -0.3 is 16.2 Å². The first-order chi connectivity index (χ1) is 8.15. The molecule has 17 heavy (non-hydrogen) atoms. The minimum atomic E-state index is -0.122. The Morgan fingerprint density at radius 3 is 2.59 bits per heavy atom. The molecule has 1 amide bonds. The van der Waals surface area contributed by atoms with Crippen LogP contribution < -0.4 is 11.1 Å². The van der Waals surface area contributed by atoms with Crippen molar-refractivity contribution in [2.75, 3.05) is 13.1 Å². The molecular formula is C13H26N2O2. The van der Waals surface area contributed by atoms with Gasteiger partial charge in [0, 0.05) is 13.0 Å². The maximum absolute atomic E-state index is 11.7. The van der Waals surface area contributed by atoms with Crippen LogP contribution in [0.5, 0.6) is 0 Å². The van der Waals surface area contributed by atoms with Crippen molar-refractivity contribution in [1.29, 1.82) is 0 Å². The lowest BCUT2D eigenvalue weighted by molar-refractivity contribution is -0.122. The molecule has 4 N–H and O–H groups in total. The standard InChI is InChI=1S/C13H26N2O2/c1-2-10(8-14)7-13(17)15-9-11-3-5-12(16)6-4-11/h10-12,16H,2-9,14H2,1H3,(H,15,17). The Morgan fingerprint density at radius 2 is 2.06 bits per heavy atom. The van der Waals surface area contributed by atoms with E-state index < -0.39 is 0 Å². The molecule has 0 radical (unpaired) electrons. The molecule has 0 spiro atoms. The highest BCUT2D eigenvalue weighted by atomic mass is 16.3. The minimum Gasteiger partial charge on any atom is -0.393 e. The molecule has 0 aliphatic heterocycles. The highest BCUT2D eigenvalue weighted by Crippen LogP contribution is 2.23. The maximum Gasteiger partial charge on any atom is 0.220 e. The summed E-state index contributed by atoms with van der Waals surface area (Å²) in [5.41, 5.74) is 5.58. The lowest BCUT2D eigenvalue weighted by atomic mass is 9.87. The van der Waals surface area contributed by atoms with E-state index in [0.29, 0.717) is 24.8 Å². The van der Waals surface area contributed by atoms with Crippen molar-refractivity contribution >= 4 is 5.91 Å². The summed E-state index contributed by atoms with van der Waals surface area (Å²) >= 11 is 0. The summed E-state index contributed by atoms with van der Waals surface area (Å²) in [7, 11) is 0. The average molecular weight is 242 g/mol. The van der Waals surface area contributed by atoms with Crippen LogP contribution in [-0.4, -0.2) is 30.2 Å². The van der Waals surface area contributed by atoms with Crippen molar-refractivity contribution < 1.29 is 9.90 Å². The zero-order chi connectivity index (χ0) is 12.7. The largest absolute Gasteiger partial charge is 0.393 e. The second-order valence-corrected chi connectivity index (χ2v) is 5.19. The third kappa shape index (κ3) is 5.50. The number of carbonyl (C=O) groups excluding carboxylic acids is 1. The van der Waals surface area contributed by atoms with Crippen LogP contribution in [0.2, 0.25) is 0 Å². The number of aliphatic hydroxyl groups excluding tert-OH is 1. The molecule has 1 saturated carbocycles. The van der Waals surface area contributed by atoms with E-state index in [1.807, 2.05) is 0 Å². The third-order valence-electron chi connectivity index (χ3n) is 3.79. The minimum absolute atomic E-state index is 0.119. The summed E-state index contributed by atoms with van der Waals surface area (Å²) in [6, 6.07) is 0. The molecule has 1 unspecified atom stereocenters. The molecule has 1 rings (SSSR count). The van der Waals surface area contributed by atoms with Gasteiger partial charge in [-0.05, 0) is 44.1 Å². The van der Waals surface area contributed by atoms with Gasteiger partial charge in [-0.15, -0.1) is 0 Å². The Morgan fingerprint density at radius 1 is 1.41 bits per heavy atom. The lowest BCUT2D eigenvalue weighted by Gasteiger charge is -2.25. The van der Waals surface area contributed by atoms with Crippen molar-refractivity contribution in [2.45, 2.75) is 51.6 Å². The summed E-state index contributed by atoms with van der Waals surface area (Å²) in [5, 5.41) is 12.4. The summed E-state index contributed by atoms with van der Waals surface area (Å²) in [5.74, 6) is 0.969. The van der Waals surface area contributed by atoms with Gasteiger partial charge >= 0.3 is 0 Å². The maximum atomic E-state index is 11.7. The van der Waals surface area contributed by atoms with Crippen LogP contribution in [0.1, 0.15) is 45.4 Å². The van der Waals surface area contributed by atoms with E-state index in [2.05, 4.69) is 12.2 Å². The Hall–Kier alpha value is -0.610. The number of nitrogens with two attached hydrogens (primary N) is 1. The quantitative estimate of drug-likeness (QED) is 0.651. The van der Waals surface area contributed by atoms with Crippen LogP contribution in [0, 0.1) is 11.8 Å². The first-order valence-corrected chi connectivity index (χ1v) is 6.80. The van der Waals surface area contributed by atoms with Crippen molar-refractivity contribution in [3.05, 3.63) is 0 Å². The molecule has 0 aromatic carbocycles. The van der Waals surface area contributed by atoms with Crippen molar-refractivity contribution in [3.63, 3.8) is 0 Å². The number of nitrogens with one attached hydrogen (secondary N) is 1. The van der Waals surface area contributed by atoms with Gasteiger partial charge in [-0.25, -0.2) is 0 Å². The number of amides is 1. The zero-order valence-electron chi connectivity index (χ0n) is 10.8. The van der Waals surface area contributed by atoms with Gasteiger partial charge in [-0.1, -0.05) is 13.3 Å². The number of aliphatic hydroxyl groups is 1. The van der Waals surface area contributed by atoms with Crippen molar-refractivity contribution in [1.82, 2.24) is 5.32 Å². The highest BCUT2D eigenvalue weighted by molar-refractivity contribution is 5.76. The van der Waals surface area contributed by atoms with Gasteiger partial charge in [0.1, 0.15) is 0 Å². The number of hydrogen-bond donors (Lipinski definition) is 3. The molecule has 0 aromatic heterocycles. The van der Waals surface area contributed by atoms with E-state index in [-0.39, 0.29) is 12.0 Å². The zero-order valence-corrected chi connectivity index (χ0v) is 10.8. The molecule has 0 heterocycles. The van der Waals surface area contributed by atoms with Gasteiger partial charge in [0.05, 0.1) is 6.10 Å². The molecule has 4 heteroatoms. The number of rotatable bonds is 6. The van der Waals surface area contributed by atoms with Crippen LogP contribution in [0.4, 0.5) is 0 Å². The Bertz CT molecular complexity index is 221. The second-order valence-electron chi connectivity index (χ2n) is 5.19. The van der Waals surface area contributed by atoms with E-state index in [0.717, 1.165) is 38.6 Å². The van der Waals surface area contributed by atoms with Gasteiger partial charge in [-0.3, -0.25) is 4.79 Å². The molecule has 1 aliphatic carbocycles. The number of hydrogen-bond acceptors (Lipinski definition) is 3. The molecule has 1 fully saturated rings. The summed E-state index contributed by atoms with van der Waals surface area (Å²) < 4.78 is 0. The van der Waals surface area contributed by atoms with Gasteiger partial charge in [0.15, 0.2) is 0 Å². The van der Waals surface area contributed by atoms with Crippen LogP contribution in [0.3, 0.4) is 0 Å². The predicted octanol–water partition coefficient (Wildman–Crippen LogP) is 1.03. The Balaban J connectivity index is 2.15. The smallest absolute Gasteiger partial charge is 0.220 e. The first kappa shape index (κ1) is 14.5. The average Bonchev–Trinajstić information content (AvgIpc) is 2.35. The van der Waals surface area contributed by atoms with Gasteiger partial charge in [0.25, 0.3) is 0 Å². The van der Waals surface area contributed by atoms with Crippen LogP contribution in [-0.2, 0) is 4.79 Å². The molecule has 100 valence electrons. The summed E-state index contributed by atoms with van der Waals surface area (Å²) in [6.45, 7) is 3.40. The Labute approximate surface area is 104 Å². The van der Waals surface area contributed by atoms with Crippen LogP contribution >= 0.6 is 0 Å². The molecule has 1 aliphatic rings. The van der Waals surface area contributed by atoms with E-state index in [9.17, 15) is 9.90 Å². The fraction of sp³-hybridized carbons (Fsp3) is 0.923. The summed E-state index contributed by atoms with van der Waals surface area (Å²) in [4.78, 5) is 11.7. The summed E-state index contributed by atoms with van der Waals surface area (Å²) in [6.07, 6.45) is 5.18. The monoisotopic (exact) mass is 242 g/mol. The third-order valence-corrected chi connectivity index (χ3v) is 3.79. The van der Waals surface area contributed by atoms with E-state index in [4.69, 9.17) is 5.73 Å². The predicted molar refractivity (Wildman–Crippen MR) is 68.4 cm³/mol. The van der Waals surface area contributed by atoms with Crippen molar-refractivity contribution in [3.8, 4) is 0 Å². The molecule has 0 saturated heterocycles. The van der Waals surface area contributed by atoms with E-state index >= 15 is 0 Å². The van der Waals surface area contributed by atoms with Gasteiger partial charge in [-0.2, -0.15) is 0 Å². The van der Waals surface area contributed by atoms with Crippen molar-refractivity contribution in [2.24, 2.45) is 17.6 Å².